The van der Waals surface area contributed by atoms with E-state index in [4.69, 9.17) is 5.73 Å². The maximum Gasteiger partial charge on any atom is 0.0530 e. The van der Waals surface area contributed by atoms with E-state index in [1.807, 2.05) is 19.1 Å². The van der Waals surface area contributed by atoms with Crippen LogP contribution in [0, 0.1) is 0 Å². The zero-order valence-corrected chi connectivity index (χ0v) is 7.82. The van der Waals surface area contributed by atoms with Gasteiger partial charge in [-0.15, -0.1) is 0 Å². The molecular formula is C9H12N2S. The van der Waals surface area contributed by atoms with Gasteiger partial charge in [0.2, 0.25) is 0 Å². The summed E-state index contributed by atoms with van der Waals surface area (Å²) in [5.74, 6) is 0. The quantitative estimate of drug-likeness (QED) is 0.606. The minimum Gasteiger partial charge on any atom is -0.404 e. The fourth-order valence-corrected chi connectivity index (χ4v) is 1.55. The molecule has 0 radical (unpaired) electrons. The van der Waals surface area contributed by atoms with Gasteiger partial charge in [-0.1, -0.05) is 12.7 Å². The Balaban J connectivity index is 2.95. The highest BCUT2D eigenvalue weighted by molar-refractivity contribution is 8.01. The highest BCUT2D eigenvalue weighted by Gasteiger charge is 2.07. The van der Waals surface area contributed by atoms with E-state index in [0.29, 0.717) is 0 Å². The summed E-state index contributed by atoms with van der Waals surface area (Å²) in [7, 11) is 0. The molecule has 0 aromatic carbocycles. The van der Waals surface area contributed by atoms with Crippen molar-refractivity contribution in [2.75, 3.05) is 0 Å². The van der Waals surface area contributed by atoms with Crippen LogP contribution in [-0.4, -0.2) is 0 Å². The van der Waals surface area contributed by atoms with Crippen molar-refractivity contribution in [3.63, 3.8) is 0 Å². The van der Waals surface area contributed by atoms with Crippen molar-refractivity contribution in [2.24, 2.45) is 5.73 Å². The Labute approximate surface area is 77.0 Å². The summed E-state index contributed by atoms with van der Waals surface area (Å²) >= 11 is 1.58. The van der Waals surface area contributed by atoms with Crippen molar-refractivity contribution < 1.29 is 0 Å². The van der Waals surface area contributed by atoms with Gasteiger partial charge in [0.1, 0.15) is 0 Å². The highest BCUT2D eigenvalue weighted by Crippen LogP contribution is 2.25. The van der Waals surface area contributed by atoms with E-state index in [1.165, 1.54) is 4.91 Å². The van der Waals surface area contributed by atoms with E-state index in [0.717, 1.165) is 11.3 Å². The summed E-state index contributed by atoms with van der Waals surface area (Å²) < 4.78 is 3.16. The summed E-state index contributed by atoms with van der Waals surface area (Å²) in [5, 5.41) is 0. The molecule has 0 fully saturated rings. The Morgan fingerprint density at radius 3 is 3.00 bits per heavy atom. The molecule has 12 heavy (non-hydrogen) atoms. The molecular weight excluding hydrogens is 168 g/mol. The molecule has 0 unspecified atom stereocenters. The molecule has 0 saturated carbocycles. The molecule has 0 aromatic heterocycles. The minimum absolute atomic E-state index is 1.00. The molecule has 0 aromatic rings. The van der Waals surface area contributed by atoms with Gasteiger partial charge in [0.15, 0.2) is 0 Å². The second kappa shape index (κ2) is 4.07. The molecule has 1 aliphatic rings. The van der Waals surface area contributed by atoms with E-state index in [-0.39, 0.29) is 0 Å². The fraction of sp³-hybridized carbons (Fsp3) is 0.111. The van der Waals surface area contributed by atoms with Crippen molar-refractivity contribution >= 4 is 11.9 Å². The molecule has 3 heteroatoms. The second-order valence-corrected chi connectivity index (χ2v) is 3.45. The summed E-state index contributed by atoms with van der Waals surface area (Å²) in [4.78, 5) is 1.20. The largest absolute Gasteiger partial charge is 0.404 e. The second-order valence-electron chi connectivity index (χ2n) is 2.40. The topological polar surface area (TPSA) is 38.0 Å². The maximum absolute atomic E-state index is 5.46. The lowest BCUT2D eigenvalue weighted by molar-refractivity contribution is 1.20. The van der Waals surface area contributed by atoms with Crippen LogP contribution in [-0.2, 0) is 0 Å². The lowest BCUT2D eigenvalue weighted by Gasteiger charge is -2.16. The van der Waals surface area contributed by atoms with E-state index in [9.17, 15) is 0 Å². The Hall–Kier alpha value is -1.09. The Bertz CT molecular complexity index is 274. The van der Waals surface area contributed by atoms with Gasteiger partial charge >= 0.3 is 0 Å². The molecule has 0 bridgehead atoms. The van der Waals surface area contributed by atoms with Crippen LogP contribution < -0.4 is 10.5 Å². The summed E-state index contributed by atoms with van der Waals surface area (Å²) in [6.07, 6.45) is 7.26. The standard InChI is InChI=1S/C9H12N2S/c1-3-4-9-8(6-10)5-7(2)12-11-9/h3-6,11H,1,10H2,2H3. The number of hydrogen-bond acceptors (Lipinski definition) is 3. The van der Waals surface area contributed by atoms with Crippen LogP contribution in [0.25, 0.3) is 0 Å². The first-order chi connectivity index (χ1) is 5.77. The zero-order valence-electron chi connectivity index (χ0n) is 7.00. The van der Waals surface area contributed by atoms with E-state index in [2.05, 4.69) is 11.3 Å². The highest BCUT2D eigenvalue weighted by atomic mass is 32.2. The van der Waals surface area contributed by atoms with Crippen LogP contribution in [0.5, 0.6) is 0 Å². The Kier molecular flexibility index (Phi) is 3.05. The lowest BCUT2D eigenvalue weighted by Crippen LogP contribution is -2.10. The van der Waals surface area contributed by atoms with Gasteiger partial charge < -0.3 is 10.5 Å². The maximum atomic E-state index is 5.46. The molecule has 1 rings (SSSR count). The monoisotopic (exact) mass is 180 g/mol. The molecule has 0 amide bonds. The van der Waals surface area contributed by atoms with Crippen molar-refractivity contribution in [3.05, 3.63) is 47.2 Å². The molecule has 64 valence electrons. The van der Waals surface area contributed by atoms with Crippen molar-refractivity contribution in [1.82, 2.24) is 4.72 Å². The van der Waals surface area contributed by atoms with Gasteiger partial charge in [0.25, 0.3) is 0 Å². The molecule has 1 aliphatic heterocycles. The lowest BCUT2D eigenvalue weighted by atomic mass is 10.2. The summed E-state index contributed by atoms with van der Waals surface area (Å²) in [6.45, 7) is 5.66. The first-order valence-electron chi connectivity index (χ1n) is 3.64. The summed E-state index contributed by atoms with van der Waals surface area (Å²) in [6, 6.07) is 0. The Morgan fingerprint density at radius 1 is 1.67 bits per heavy atom. The zero-order chi connectivity index (χ0) is 8.97. The molecule has 0 aliphatic carbocycles. The molecule has 2 nitrogen and oxygen atoms in total. The third-order valence-corrected chi connectivity index (χ3v) is 2.22. The van der Waals surface area contributed by atoms with Crippen LogP contribution in [0.2, 0.25) is 0 Å². The predicted octanol–water partition coefficient (Wildman–Crippen LogP) is 2.05. The van der Waals surface area contributed by atoms with Crippen molar-refractivity contribution in [3.8, 4) is 0 Å². The van der Waals surface area contributed by atoms with Gasteiger partial charge in [-0.3, -0.25) is 0 Å². The summed E-state index contributed by atoms with van der Waals surface area (Å²) in [5.41, 5.74) is 7.46. The van der Waals surface area contributed by atoms with Gasteiger partial charge in [-0.25, -0.2) is 0 Å². The SMILES string of the molecule is C=CC=C1NSC(C)=CC1=CN. The van der Waals surface area contributed by atoms with Crippen molar-refractivity contribution in [1.29, 1.82) is 0 Å². The first kappa shape index (κ1) is 9.00. The third-order valence-electron chi connectivity index (χ3n) is 1.46. The fourth-order valence-electron chi connectivity index (χ4n) is 0.907. The molecule has 0 spiro atoms. The molecule has 3 N–H and O–H groups in total. The van der Waals surface area contributed by atoms with E-state index in [1.54, 1.807) is 24.2 Å². The molecule has 1 heterocycles. The van der Waals surface area contributed by atoms with E-state index >= 15 is 0 Å². The van der Waals surface area contributed by atoms with Crippen LogP contribution in [0.15, 0.2) is 47.2 Å². The number of hydrogen-bond donors (Lipinski definition) is 2. The average molecular weight is 180 g/mol. The van der Waals surface area contributed by atoms with Crippen LogP contribution in [0.3, 0.4) is 0 Å². The van der Waals surface area contributed by atoms with Gasteiger partial charge in [-0.2, -0.15) is 0 Å². The van der Waals surface area contributed by atoms with Gasteiger partial charge in [0.05, 0.1) is 5.70 Å². The van der Waals surface area contributed by atoms with Crippen LogP contribution >= 0.6 is 11.9 Å². The van der Waals surface area contributed by atoms with Crippen LogP contribution in [0.1, 0.15) is 6.92 Å². The third kappa shape index (κ3) is 1.95. The number of nitrogens with two attached hydrogens (primary N) is 1. The number of rotatable bonds is 1. The van der Waals surface area contributed by atoms with Gasteiger partial charge in [-0.05, 0) is 31.0 Å². The first-order valence-corrected chi connectivity index (χ1v) is 4.45. The van der Waals surface area contributed by atoms with Crippen molar-refractivity contribution in [2.45, 2.75) is 6.92 Å². The normalized spacial score (nSPS) is 23.6. The minimum atomic E-state index is 1.00. The smallest absolute Gasteiger partial charge is 0.0530 e. The molecule has 0 saturated heterocycles. The number of allylic oxidation sites excluding steroid dienone is 4. The van der Waals surface area contributed by atoms with E-state index < -0.39 is 0 Å². The van der Waals surface area contributed by atoms with Crippen LogP contribution in [0.4, 0.5) is 0 Å². The Morgan fingerprint density at radius 2 is 2.42 bits per heavy atom. The number of nitrogens with one attached hydrogen (secondary N) is 1. The molecule has 0 atom stereocenters. The van der Waals surface area contributed by atoms with Gasteiger partial charge in [0, 0.05) is 16.7 Å². The average Bonchev–Trinajstić information content (AvgIpc) is 2.08. The predicted molar refractivity (Wildman–Crippen MR) is 55.0 cm³/mol.